The lowest BCUT2D eigenvalue weighted by molar-refractivity contribution is 0.0900. The molecule has 1 aliphatic heterocycles. The molecule has 0 spiro atoms. The predicted molar refractivity (Wildman–Crippen MR) is 72.5 cm³/mol. The number of nitrogen functional groups attached to an aromatic ring is 1. The fourth-order valence-corrected chi connectivity index (χ4v) is 2.48. The van der Waals surface area contributed by atoms with Crippen LogP contribution in [0.1, 0.15) is 19.8 Å². The fourth-order valence-electron chi connectivity index (χ4n) is 2.31. The van der Waals surface area contributed by atoms with E-state index in [0.717, 1.165) is 31.7 Å². The van der Waals surface area contributed by atoms with Gasteiger partial charge in [-0.3, -0.25) is 0 Å². The van der Waals surface area contributed by atoms with Crippen LogP contribution in [0.3, 0.4) is 0 Å². The van der Waals surface area contributed by atoms with Crippen molar-refractivity contribution in [2.24, 2.45) is 5.92 Å². The minimum atomic E-state index is 0.378. The van der Waals surface area contributed by atoms with Crippen LogP contribution in [-0.4, -0.2) is 19.3 Å². The number of ether oxygens (including phenoxy) is 1. The molecule has 1 heterocycles. The topological polar surface area (TPSA) is 47.3 Å². The van der Waals surface area contributed by atoms with Gasteiger partial charge in [0.25, 0.3) is 0 Å². The van der Waals surface area contributed by atoms with Crippen LogP contribution >= 0.6 is 11.6 Å². The van der Waals surface area contributed by atoms with Crippen LogP contribution in [0.25, 0.3) is 0 Å². The van der Waals surface area contributed by atoms with Crippen LogP contribution in [-0.2, 0) is 4.74 Å². The first-order chi connectivity index (χ1) is 8.22. The van der Waals surface area contributed by atoms with E-state index in [2.05, 4.69) is 12.2 Å². The van der Waals surface area contributed by atoms with Gasteiger partial charge < -0.3 is 15.8 Å². The summed E-state index contributed by atoms with van der Waals surface area (Å²) in [5.74, 6) is 0.568. The van der Waals surface area contributed by atoms with E-state index in [1.807, 2.05) is 12.1 Å². The summed E-state index contributed by atoms with van der Waals surface area (Å²) < 4.78 is 5.66. The first-order valence-corrected chi connectivity index (χ1v) is 6.49. The fraction of sp³-hybridized carbons (Fsp3) is 0.538. The van der Waals surface area contributed by atoms with Crippen LogP contribution in [0.5, 0.6) is 0 Å². The molecule has 1 fully saturated rings. The van der Waals surface area contributed by atoms with E-state index in [9.17, 15) is 0 Å². The third kappa shape index (κ3) is 2.85. The van der Waals surface area contributed by atoms with Gasteiger partial charge in [-0.05, 0) is 25.0 Å². The molecule has 0 amide bonds. The second-order valence-electron chi connectivity index (χ2n) is 4.45. The molecule has 94 valence electrons. The van der Waals surface area contributed by atoms with Gasteiger partial charge in [-0.1, -0.05) is 24.6 Å². The highest BCUT2D eigenvalue weighted by Gasteiger charge is 2.26. The van der Waals surface area contributed by atoms with Crippen LogP contribution < -0.4 is 11.1 Å². The monoisotopic (exact) mass is 254 g/mol. The zero-order chi connectivity index (χ0) is 12.3. The summed E-state index contributed by atoms with van der Waals surface area (Å²) in [6.07, 6.45) is 2.56. The SMILES string of the molecule is CCC1OCCC1CNc1cccc(Cl)c1N. The second kappa shape index (κ2) is 5.61. The molecule has 2 unspecified atom stereocenters. The van der Waals surface area contributed by atoms with Crippen molar-refractivity contribution < 1.29 is 4.74 Å². The van der Waals surface area contributed by atoms with Gasteiger partial charge in [-0.2, -0.15) is 0 Å². The number of hydrogen-bond acceptors (Lipinski definition) is 3. The molecule has 1 saturated heterocycles. The number of nitrogens with one attached hydrogen (secondary N) is 1. The maximum atomic E-state index is 5.98. The van der Waals surface area contributed by atoms with Crippen molar-refractivity contribution in [3.63, 3.8) is 0 Å². The molecule has 0 aliphatic carbocycles. The third-order valence-corrected chi connectivity index (χ3v) is 3.69. The molecule has 2 rings (SSSR count). The first-order valence-electron chi connectivity index (χ1n) is 6.11. The van der Waals surface area contributed by atoms with Gasteiger partial charge in [0.15, 0.2) is 0 Å². The Bertz CT molecular complexity index is 384. The summed E-state index contributed by atoms with van der Waals surface area (Å²) >= 11 is 5.98. The highest BCUT2D eigenvalue weighted by atomic mass is 35.5. The van der Waals surface area contributed by atoms with Gasteiger partial charge in [-0.25, -0.2) is 0 Å². The minimum absolute atomic E-state index is 0.378. The van der Waals surface area contributed by atoms with Gasteiger partial charge in [0.05, 0.1) is 22.5 Å². The van der Waals surface area contributed by atoms with E-state index in [0.29, 0.717) is 22.7 Å². The Labute approximate surface area is 107 Å². The Hall–Kier alpha value is -0.930. The van der Waals surface area contributed by atoms with Crippen molar-refractivity contribution in [1.29, 1.82) is 0 Å². The zero-order valence-corrected chi connectivity index (χ0v) is 10.8. The molecule has 0 saturated carbocycles. The maximum Gasteiger partial charge on any atom is 0.0739 e. The first kappa shape index (κ1) is 12.5. The molecular formula is C13H19ClN2O. The van der Waals surface area contributed by atoms with Crippen molar-refractivity contribution >= 4 is 23.0 Å². The number of halogens is 1. The predicted octanol–water partition coefficient (Wildman–Crippen LogP) is 3.15. The summed E-state index contributed by atoms with van der Waals surface area (Å²) in [5, 5.41) is 3.97. The van der Waals surface area contributed by atoms with Gasteiger partial charge in [0.2, 0.25) is 0 Å². The molecule has 1 aromatic rings. The summed E-state index contributed by atoms with van der Waals surface area (Å²) in [6, 6.07) is 5.66. The molecular weight excluding hydrogens is 236 g/mol. The van der Waals surface area contributed by atoms with E-state index >= 15 is 0 Å². The van der Waals surface area contributed by atoms with Gasteiger partial charge in [0, 0.05) is 19.1 Å². The summed E-state index contributed by atoms with van der Waals surface area (Å²) in [7, 11) is 0. The lowest BCUT2D eigenvalue weighted by Gasteiger charge is -2.18. The van der Waals surface area contributed by atoms with Crippen molar-refractivity contribution in [2.45, 2.75) is 25.9 Å². The molecule has 2 atom stereocenters. The third-order valence-electron chi connectivity index (χ3n) is 3.36. The van der Waals surface area contributed by atoms with Crippen molar-refractivity contribution in [1.82, 2.24) is 0 Å². The Morgan fingerprint density at radius 1 is 1.53 bits per heavy atom. The van der Waals surface area contributed by atoms with Crippen LogP contribution in [0.4, 0.5) is 11.4 Å². The Morgan fingerprint density at radius 3 is 3.12 bits per heavy atom. The quantitative estimate of drug-likeness (QED) is 0.812. The molecule has 0 radical (unpaired) electrons. The molecule has 17 heavy (non-hydrogen) atoms. The summed E-state index contributed by atoms with van der Waals surface area (Å²) in [6.45, 7) is 3.93. The molecule has 1 aromatic carbocycles. The van der Waals surface area contributed by atoms with E-state index in [-0.39, 0.29) is 0 Å². The zero-order valence-electron chi connectivity index (χ0n) is 10.1. The van der Waals surface area contributed by atoms with Crippen molar-refractivity contribution in [2.75, 3.05) is 24.2 Å². The highest BCUT2D eigenvalue weighted by molar-refractivity contribution is 6.33. The number of anilines is 2. The molecule has 1 aliphatic rings. The van der Waals surface area contributed by atoms with Gasteiger partial charge >= 0.3 is 0 Å². The van der Waals surface area contributed by atoms with Gasteiger partial charge in [-0.15, -0.1) is 0 Å². The number of nitrogens with two attached hydrogens (primary N) is 1. The maximum absolute atomic E-state index is 5.98. The Balaban J connectivity index is 1.95. The van der Waals surface area contributed by atoms with E-state index in [1.54, 1.807) is 6.07 Å². The van der Waals surface area contributed by atoms with Crippen molar-refractivity contribution in [3.8, 4) is 0 Å². The van der Waals surface area contributed by atoms with Crippen LogP contribution in [0.2, 0.25) is 5.02 Å². The van der Waals surface area contributed by atoms with Gasteiger partial charge in [0.1, 0.15) is 0 Å². The molecule has 3 N–H and O–H groups in total. The number of rotatable bonds is 4. The van der Waals surface area contributed by atoms with E-state index in [4.69, 9.17) is 22.1 Å². The number of hydrogen-bond donors (Lipinski definition) is 2. The van der Waals surface area contributed by atoms with Crippen LogP contribution in [0, 0.1) is 5.92 Å². The standard InChI is InChI=1S/C13H19ClN2O/c1-2-12-9(6-7-17-12)8-16-11-5-3-4-10(14)13(11)15/h3-5,9,12,16H,2,6-8,15H2,1H3. The van der Waals surface area contributed by atoms with Crippen molar-refractivity contribution in [3.05, 3.63) is 23.2 Å². The Kier molecular flexibility index (Phi) is 4.13. The molecule has 0 aromatic heterocycles. The lowest BCUT2D eigenvalue weighted by atomic mass is 9.99. The molecule has 4 heteroatoms. The average Bonchev–Trinajstić information content (AvgIpc) is 2.78. The smallest absolute Gasteiger partial charge is 0.0739 e. The Morgan fingerprint density at radius 2 is 2.35 bits per heavy atom. The number of benzene rings is 1. The number of para-hydroxylation sites is 1. The second-order valence-corrected chi connectivity index (χ2v) is 4.86. The summed E-state index contributed by atoms with van der Waals surface area (Å²) in [5.41, 5.74) is 7.45. The van der Waals surface area contributed by atoms with E-state index in [1.165, 1.54) is 0 Å². The molecule has 0 bridgehead atoms. The molecule has 3 nitrogen and oxygen atoms in total. The highest BCUT2D eigenvalue weighted by Crippen LogP contribution is 2.29. The van der Waals surface area contributed by atoms with Crippen LogP contribution in [0.15, 0.2) is 18.2 Å². The minimum Gasteiger partial charge on any atom is -0.396 e. The summed E-state index contributed by atoms with van der Waals surface area (Å²) in [4.78, 5) is 0. The normalized spacial score (nSPS) is 23.9. The lowest BCUT2D eigenvalue weighted by Crippen LogP contribution is -2.23. The average molecular weight is 255 g/mol. The van der Waals surface area contributed by atoms with E-state index < -0.39 is 0 Å². The largest absolute Gasteiger partial charge is 0.396 e.